The Bertz CT molecular complexity index is 1010. The van der Waals surface area contributed by atoms with Gasteiger partial charge in [0.25, 0.3) is 0 Å². The molecule has 12 heteroatoms. The van der Waals surface area contributed by atoms with E-state index in [0.717, 1.165) is 16.5 Å². The predicted molar refractivity (Wildman–Crippen MR) is 129 cm³/mol. The Labute approximate surface area is 201 Å². The number of nitrogens with two attached hydrogens (primary N) is 1. The molecule has 0 saturated heterocycles. The molecule has 0 aliphatic rings. The number of rotatable bonds is 13. The van der Waals surface area contributed by atoms with Gasteiger partial charge in [0, 0.05) is 23.5 Å². The zero-order valence-corrected chi connectivity index (χ0v) is 19.9. The Balaban J connectivity index is 2.14. The van der Waals surface area contributed by atoms with Gasteiger partial charge in [-0.1, -0.05) is 18.2 Å². The van der Waals surface area contributed by atoms with Gasteiger partial charge in [0.2, 0.25) is 17.7 Å². The highest BCUT2D eigenvalue weighted by molar-refractivity contribution is 7.98. The second kappa shape index (κ2) is 13.0. The molecular formula is C22H31N5O6S. The summed E-state index contributed by atoms with van der Waals surface area (Å²) in [6.45, 7) is 0.823. The highest BCUT2D eigenvalue weighted by Gasteiger charge is 2.28. The number of hydrogen-bond acceptors (Lipinski definition) is 7. The van der Waals surface area contributed by atoms with Gasteiger partial charge in [-0.05, 0) is 37.0 Å². The minimum absolute atomic E-state index is 0.0968. The van der Waals surface area contributed by atoms with E-state index in [0.29, 0.717) is 5.75 Å². The number of nitrogens with one attached hydrogen (secondary N) is 4. The Morgan fingerprint density at radius 3 is 2.38 bits per heavy atom. The number of aromatic amines is 1. The van der Waals surface area contributed by atoms with Crippen molar-refractivity contribution in [2.75, 3.05) is 18.6 Å². The number of aromatic nitrogens is 1. The molecule has 3 amide bonds. The van der Waals surface area contributed by atoms with Gasteiger partial charge in [0.1, 0.15) is 24.2 Å². The third kappa shape index (κ3) is 7.47. The van der Waals surface area contributed by atoms with Crippen LogP contribution in [0.4, 0.5) is 0 Å². The van der Waals surface area contributed by atoms with Gasteiger partial charge in [0.05, 0.1) is 6.61 Å². The number of thioether (sulfide) groups is 1. The molecule has 0 fully saturated rings. The number of para-hydroxylation sites is 1. The lowest BCUT2D eigenvalue weighted by Gasteiger charge is -2.23. The van der Waals surface area contributed by atoms with Gasteiger partial charge < -0.3 is 36.9 Å². The number of aliphatic hydroxyl groups excluding tert-OH is 1. The number of carbonyl (C=O) groups excluding carboxylic acids is 3. The van der Waals surface area contributed by atoms with E-state index < -0.39 is 54.5 Å². The molecule has 4 atom stereocenters. The van der Waals surface area contributed by atoms with E-state index in [1.807, 2.05) is 30.5 Å². The van der Waals surface area contributed by atoms with Crippen LogP contribution in [0.5, 0.6) is 0 Å². The highest BCUT2D eigenvalue weighted by atomic mass is 32.2. The first kappa shape index (κ1) is 27.2. The minimum Gasteiger partial charge on any atom is -0.480 e. The maximum atomic E-state index is 13.0. The molecule has 186 valence electrons. The fraction of sp³-hybridized carbons (Fsp3) is 0.455. The quantitative estimate of drug-likeness (QED) is 0.192. The fourth-order valence-corrected chi connectivity index (χ4v) is 3.73. The number of carbonyl (C=O) groups is 4. The van der Waals surface area contributed by atoms with Gasteiger partial charge in [-0.2, -0.15) is 11.8 Å². The van der Waals surface area contributed by atoms with Crippen LogP contribution in [-0.4, -0.2) is 81.7 Å². The normalized spacial score (nSPS) is 14.6. The number of benzene rings is 1. The van der Waals surface area contributed by atoms with Crippen LogP contribution in [0.15, 0.2) is 30.5 Å². The number of aliphatic carboxylic acids is 1. The molecule has 1 aromatic carbocycles. The van der Waals surface area contributed by atoms with Crippen molar-refractivity contribution in [3.8, 4) is 0 Å². The van der Waals surface area contributed by atoms with Crippen LogP contribution >= 0.6 is 11.8 Å². The molecular weight excluding hydrogens is 462 g/mol. The smallest absolute Gasteiger partial charge is 0.326 e. The van der Waals surface area contributed by atoms with Crippen molar-refractivity contribution in [3.05, 3.63) is 36.0 Å². The zero-order chi connectivity index (χ0) is 25.3. The van der Waals surface area contributed by atoms with Crippen LogP contribution in [0.2, 0.25) is 0 Å². The lowest BCUT2D eigenvalue weighted by Crippen LogP contribution is -2.57. The second-order valence-corrected chi connectivity index (χ2v) is 8.81. The van der Waals surface area contributed by atoms with E-state index in [4.69, 9.17) is 10.8 Å². The molecule has 4 unspecified atom stereocenters. The molecule has 0 saturated carbocycles. The largest absolute Gasteiger partial charge is 0.480 e. The maximum absolute atomic E-state index is 13.0. The number of carboxylic acid groups (broad SMARTS) is 1. The number of hydrogen-bond donors (Lipinski definition) is 7. The second-order valence-electron chi connectivity index (χ2n) is 7.83. The standard InChI is InChI=1S/C22H31N5O6S/c1-12(19(29)26-17(22(32)33)7-8-34-2)25-21(31)18(27-20(30)15(23)11-28)9-13-10-24-16-6-4-3-5-14(13)16/h3-6,10,12,15,17-18,24,28H,7-9,11,23H2,1-2H3,(H,25,31)(H,26,29)(H,27,30)(H,32,33). The first-order valence-electron chi connectivity index (χ1n) is 10.7. The van der Waals surface area contributed by atoms with Gasteiger partial charge in [0.15, 0.2) is 0 Å². The molecule has 2 aromatic rings. The molecule has 11 nitrogen and oxygen atoms in total. The van der Waals surface area contributed by atoms with E-state index in [2.05, 4.69) is 20.9 Å². The predicted octanol–water partition coefficient (Wildman–Crippen LogP) is -0.658. The summed E-state index contributed by atoms with van der Waals surface area (Å²) in [7, 11) is 0. The molecule has 0 aliphatic heterocycles. The molecule has 0 aliphatic carbocycles. The first-order valence-corrected chi connectivity index (χ1v) is 12.1. The Morgan fingerprint density at radius 1 is 1.06 bits per heavy atom. The molecule has 34 heavy (non-hydrogen) atoms. The number of fused-ring (bicyclic) bond motifs is 1. The van der Waals surface area contributed by atoms with Crippen LogP contribution < -0.4 is 21.7 Å². The third-order valence-corrected chi connectivity index (χ3v) is 5.89. The Morgan fingerprint density at radius 2 is 1.74 bits per heavy atom. The molecule has 1 heterocycles. The van der Waals surface area contributed by atoms with Crippen molar-refractivity contribution in [2.45, 2.75) is 43.9 Å². The lowest BCUT2D eigenvalue weighted by atomic mass is 10.0. The Kier molecular flexibility index (Phi) is 10.4. The molecule has 8 N–H and O–H groups in total. The van der Waals surface area contributed by atoms with Crippen molar-refractivity contribution in [2.24, 2.45) is 5.73 Å². The van der Waals surface area contributed by atoms with E-state index in [-0.39, 0.29) is 12.8 Å². The topological polar surface area (TPSA) is 187 Å². The summed E-state index contributed by atoms with van der Waals surface area (Å²) in [6, 6.07) is 3.00. The summed E-state index contributed by atoms with van der Waals surface area (Å²) in [5.74, 6) is -2.65. The van der Waals surface area contributed by atoms with E-state index in [1.165, 1.54) is 18.7 Å². The van der Waals surface area contributed by atoms with Gasteiger partial charge >= 0.3 is 5.97 Å². The number of amides is 3. The first-order chi connectivity index (χ1) is 16.2. The molecule has 0 bridgehead atoms. The van der Waals surface area contributed by atoms with Crippen molar-refractivity contribution >= 4 is 46.4 Å². The van der Waals surface area contributed by atoms with Crippen molar-refractivity contribution < 1.29 is 29.4 Å². The minimum atomic E-state index is -1.22. The SMILES string of the molecule is CSCCC(NC(=O)C(C)NC(=O)C(Cc1c[nH]c2ccccc12)NC(=O)C(N)CO)C(=O)O. The van der Waals surface area contributed by atoms with E-state index in [9.17, 15) is 24.3 Å². The monoisotopic (exact) mass is 493 g/mol. The zero-order valence-electron chi connectivity index (χ0n) is 19.0. The summed E-state index contributed by atoms with van der Waals surface area (Å²) in [4.78, 5) is 52.3. The Hall–Kier alpha value is -3.09. The number of aliphatic hydroxyl groups is 1. The summed E-state index contributed by atoms with van der Waals surface area (Å²) in [5.41, 5.74) is 7.19. The van der Waals surface area contributed by atoms with Crippen LogP contribution in [0.1, 0.15) is 18.9 Å². The van der Waals surface area contributed by atoms with Gasteiger partial charge in [-0.15, -0.1) is 0 Å². The summed E-state index contributed by atoms with van der Waals surface area (Å²) < 4.78 is 0. The summed E-state index contributed by atoms with van der Waals surface area (Å²) in [6.07, 6.45) is 3.89. The maximum Gasteiger partial charge on any atom is 0.326 e. The molecule has 0 spiro atoms. The molecule has 1 aromatic heterocycles. The van der Waals surface area contributed by atoms with Crippen LogP contribution in [0.3, 0.4) is 0 Å². The lowest BCUT2D eigenvalue weighted by molar-refractivity contribution is -0.142. The third-order valence-electron chi connectivity index (χ3n) is 5.24. The van der Waals surface area contributed by atoms with Crippen molar-refractivity contribution in [1.29, 1.82) is 0 Å². The van der Waals surface area contributed by atoms with Crippen molar-refractivity contribution in [1.82, 2.24) is 20.9 Å². The van der Waals surface area contributed by atoms with E-state index in [1.54, 1.807) is 6.20 Å². The van der Waals surface area contributed by atoms with Crippen LogP contribution in [0.25, 0.3) is 10.9 Å². The average molecular weight is 494 g/mol. The van der Waals surface area contributed by atoms with Gasteiger partial charge in [-0.3, -0.25) is 14.4 Å². The molecule has 2 rings (SSSR count). The summed E-state index contributed by atoms with van der Waals surface area (Å²) in [5, 5.41) is 26.8. The van der Waals surface area contributed by atoms with Gasteiger partial charge in [-0.25, -0.2) is 4.79 Å². The highest BCUT2D eigenvalue weighted by Crippen LogP contribution is 2.19. The van der Waals surface area contributed by atoms with E-state index >= 15 is 0 Å². The number of H-pyrrole nitrogens is 1. The van der Waals surface area contributed by atoms with Crippen LogP contribution in [0, 0.1) is 0 Å². The number of carboxylic acids is 1. The molecule has 0 radical (unpaired) electrons. The average Bonchev–Trinajstić information content (AvgIpc) is 3.22. The van der Waals surface area contributed by atoms with Crippen LogP contribution in [-0.2, 0) is 25.6 Å². The van der Waals surface area contributed by atoms with Crippen molar-refractivity contribution in [3.63, 3.8) is 0 Å². The summed E-state index contributed by atoms with van der Waals surface area (Å²) >= 11 is 1.45. The fourth-order valence-electron chi connectivity index (χ4n) is 3.26.